The summed E-state index contributed by atoms with van der Waals surface area (Å²) in [5.41, 5.74) is 1.38. The first-order valence-corrected chi connectivity index (χ1v) is 8.08. The summed E-state index contributed by atoms with van der Waals surface area (Å²) in [5.74, 6) is 0.656. The number of nitrogens with zero attached hydrogens (tertiary/aromatic N) is 2. The van der Waals surface area contributed by atoms with Gasteiger partial charge in [-0.05, 0) is 37.8 Å². The Morgan fingerprint density at radius 1 is 1.38 bits per heavy atom. The van der Waals surface area contributed by atoms with Gasteiger partial charge in [-0.2, -0.15) is 5.10 Å². The Bertz CT molecular complexity index is 952. The number of amides is 1. The number of aryl methyl sites for hydroxylation is 1. The zero-order chi connectivity index (χ0) is 16.7. The molecule has 0 unspecified atom stereocenters. The lowest BCUT2D eigenvalue weighted by atomic mass is 10.0. The van der Waals surface area contributed by atoms with E-state index in [1.807, 2.05) is 25.1 Å². The highest BCUT2D eigenvalue weighted by atomic mass is 16.3. The van der Waals surface area contributed by atoms with Gasteiger partial charge in [0.2, 0.25) is 0 Å². The molecule has 24 heavy (non-hydrogen) atoms. The number of carbonyl (C=O) groups excluding carboxylic acids is 1. The summed E-state index contributed by atoms with van der Waals surface area (Å²) in [6, 6.07) is 7.38. The molecule has 1 aliphatic heterocycles. The standard InChI is InChI=1S/C17H18N4O3/c1-10-5-4-6-11-9-13(24-14(10)11)16(22)21-8-3-2-7-12(21)15-18-17(23)20-19-15/h4-6,9,12H,2-3,7-8H2,1H3,(H2,18,19,20,23)/t12-/m0/s1. The number of aromatic nitrogens is 3. The maximum absolute atomic E-state index is 13.0. The van der Waals surface area contributed by atoms with Gasteiger partial charge in [0.1, 0.15) is 5.58 Å². The van der Waals surface area contributed by atoms with Crippen molar-refractivity contribution < 1.29 is 9.21 Å². The quantitative estimate of drug-likeness (QED) is 0.756. The predicted molar refractivity (Wildman–Crippen MR) is 87.8 cm³/mol. The molecular formula is C17H18N4O3. The molecule has 2 N–H and O–H groups in total. The van der Waals surface area contributed by atoms with Gasteiger partial charge in [0, 0.05) is 11.9 Å². The van der Waals surface area contributed by atoms with E-state index in [1.165, 1.54) is 0 Å². The van der Waals surface area contributed by atoms with E-state index < -0.39 is 0 Å². The van der Waals surface area contributed by atoms with E-state index in [0.29, 0.717) is 18.1 Å². The molecule has 1 amide bonds. The van der Waals surface area contributed by atoms with Crippen molar-refractivity contribution in [3.63, 3.8) is 0 Å². The topological polar surface area (TPSA) is 95.0 Å². The van der Waals surface area contributed by atoms with Crippen LogP contribution in [0.25, 0.3) is 11.0 Å². The fourth-order valence-electron chi connectivity index (χ4n) is 3.36. The van der Waals surface area contributed by atoms with Crippen molar-refractivity contribution in [2.24, 2.45) is 0 Å². The number of rotatable bonds is 2. The molecule has 2 aromatic heterocycles. The van der Waals surface area contributed by atoms with Crippen LogP contribution in [-0.4, -0.2) is 32.5 Å². The van der Waals surface area contributed by atoms with Crippen LogP contribution < -0.4 is 5.69 Å². The molecular weight excluding hydrogens is 308 g/mol. The van der Waals surface area contributed by atoms with Crippen LogP contribution in [0.3, 0.4) is 0 Å². The molecule has 1 aromatic carbocycles. The van der Waals surface area contributed by atoms with Gasteiger partial charge in [-0.3, -0.25) is 9.78 Å². The van der Waals surface area contributed by atoms with Gasteiger partial charge in [-0.25, -0.2) is 9.89 Å². The summed E-state index contributed by atoms with van der Waals surface area (Å²) in [7, 11) is 0. The number of aromatic amines is 2. The van der Waals surface area contributed by atoms with E-state index in [9.17, 15) is 9.59 Å². The Morgan fingerprint density at radius 2 is 2.25 bits per heavy atom. The number of benzene rings is 1. The van der Waals surface area contributed by atoms with Gasteiger partial charge in [-0.15, -0.1) is 0 Å². The van der Waals surface area contributed by atoms with Crippen molar-refractivity contribution >= 4 is 16.9 Å². The number of hydrogen-bond acceptors (Lipinski definition) is 4. The summed E-state index contributed by atoms with van der Waals surface area (Å²) in [5, 5.41) is 7.29. The first-order valence-electron chi connectivity index (χ1n) is 8.08. The first kappa shape index (κ1) is 14.7. The second kappa shape index (κ2) is 5.67. The first-order chi connectivity index (χ1) is 11.6. The lowest BCUT2D eigenvalue weighted by Gasteiger charge is -2.33. The number of nitrogens with one attached hydrogen (secondary N) is 2. The Labute approximate surface area is 137 Å². The smallest absolute Gasteiger partial charge is 0.340 e. The molecule has 0 spiro atoms. The number of hydrogen-bond donors (Lipinski definition) is 2. The normalized spacial score (nSPS) is 18.2. The lowest BCUT2D eigenvalue weighted by molar-refractivity contribution is 0.0570. The van der Waals surface area contributed by atoms with Gasteiger partial charge in [0.25, 0.3) is 5.91 Å². The molecule has 124 valence electrons. The average molecular weight is 326 g/mol. The maximum atomic E-state index is 13.0. The number of H-pyrrole nitrogens is 2. The molecule has 1 saturated heterocycles. The van der Waals surface area contributed by atoms with Crippen molar-refractivity contribution in [2.75, 3.05) is 6.54 Å². The van der Waals surface area contributed by atoms with E-state index in [-0.39, 0.29) is 17.6 Å². The summed E-state index contributed by atoms with van der Waals surface area (Å²) >= 11 is 0. The van der Waals surface area contributed by atoms with E-state index in [4.69, 9.17) is 4.42 Å². The zero-order valence-electron chi connectivity index (χ0n) is 13.3. The van der Waals surface area contributed by atoms with Gasteiger partial charge < -0.3 is 9.32 Å². The zero-order valence-corrected chi connectivity index (χ0v) is 13.3. The molecule has 7 nitrogen and oxygen atoms in total. The third-order valence-electron chi connectivity index (χ3n) is 4.55. The molecule has 0 aliphatic carbocycles. The molecule has 1 aliphatic rings. The molecule has 0 radical (unpaired) electrons. The highest BCUT2D eigenvalue weighted by Gasteiger charge is 2.32. The van der Waals surface area contributed by atoms with Gasteiger partial charge in [0.05, 0.1) is 6.04 Å². The van der Waals surface area contributed by atoms with Crippen LogP contribution in [0.2, 0.25) is 0 Å². The van der Waals surface area contributed by atoms with E-state index in [0.717, 1.165) is 35.8 Å². The number of likely N-dealkylation sites (tertiary alicyclic amines) is 1. The minimum absolute atomic E-state index is 0.167. The van der Waals surface area contributed by atoms with Crippen LogP contribution in [0.15, 0.2) is 33.5 Å². The lowest BCUT2D eigenvalue weighted by Crippen LogP contribution is -2.39. The molecule has 1 atom stereocenters. The molecule has 3 aromatic rings. The number of piperidine rings is 1. The van der Waals surface area contributed by atoms with Crippen LogP contribution >= 0.6 is 0 Å². The van der Waals surface area contributed by atoms with Crippen molar-refractivity contribution in [2.45, 2.75) is 32.2 Å². The summed E-state index contributed by atoms with van der Waals surface area (Å²) in [6.07, 6.45) is 2.69. The Morgan fingerprint density at radius 3 is 3.00 bits per heavy atom. The van der Waals surface area contributed by atoms with Gasteiger partial charge in [0.15, 0.2) is 11.6 Å². The van der Waals surface area contributed by atoms with Crippen molar-refractivity contribution in [1.29, 1.82) is 0 Å². The highest BCUT2D eigenvalue weighted by Crippen LogP contribution is 2.31. The van der Waals surface area contributed by atoms with Crippen LogP contribution in [0.5, 0.6) is 0 Å². The van der Waals surface area contributed by atoms with Crippen LogP contribution in [-0.2, 0) is 0 Å². The molecule has 3 heterocycles. The third-order valence-corrected chi connectivity index (χ3v) is 4.55. The fourth-order valence-corrected chi connectivity index (χ4v) is 3.36. The molecule has 0 bridgehead atoms. The minimum atomic E-state index is -0.359. The Kier molecular flexibility index (Phi) is 3.48. The summed E-state index contributed by atoms with van der Waals surface area (Å²) in [6.45, 7) is 2.58. The summed E-state index contributed by atoms with van der Waals surface area (Å²) < 4.78 is 5.81. The Hall–Kier alpha value is -2.83. The average Bonchev–Trinajstić information content (AvgIpc) is 3.21. The molecule has 0 saturated carbocycles. The molecule has 4 rings (SSSR count). The van der Waals surface area contributed by atoms with Gasteiger partial charge >= 0.3 is 5.69 Å². The molecule has 7 heteroatoms. The monoisotopic (exact) mass is 326 g/mol. The largest absolute Gasteiger partial charge is 0.451 e. The molecule has 1 fully saturated rings. The van der Waals surface area contributed by atoms with E-state index >= 15 is 0 Å². The predicted octanol–water partition coefficient (Wildman–Crippen LogP) is 2.52. The Balaban J connectivity index is 1.70. The van der Waals surface area contributed by atoms with Crippen molar-refractivity contribution in [1.82, 2.24) is 20.1 Å². The van der Waals surface area contributed by atoms with Crippen molar-refractivity contribution in [3.05, 3.63) is 51.9 Å². The van der Waals surface area contributed by atoms with Crippen LogP contribution in [0.4, 0.5) is 0 Å². The summed E-state index contributed by atoms with van der Waals surface area (Å²) in [4.78, 5) is 28.7. The van der Waals surface area contributed by atoms with Crippen molar-refractivity contribution in [3.8, 4) is 0 Å². The van der Waals surface area contributed by atoms with E-state index in [2.05, 4.69) is 15.2 Å². The third kappa shape index (κ3) is 2.42. The highest BCUT2D eigenvalue weighted by molar-refractivity contribution is 5.96. The number of para-hydroxylation sites is 1. The second-order valence-electron chi connectivity index (χ2n) is 6.18. The maximum Gasteiger partial charge on any atom is 0.340 e. The number of carbonyl (C=O) groups is 1. The van der Waals surface area contributed by atoms with Crippen LogP contribution in [0, 0.1) is 6.92 Å². The second-order valence-corrected chi connectivity index (χ2v) is 6.18. The fraction of sp³-hybridized carbons (Fsp3) is 0.353. The number of furan rings is 1. The SMILES string of the molecule is Cc1cccc2cc(C(=O)N3CCCC[C@H]3c3n[nH]c(=O)[nH]3)oc12. The van der Waals surface area contributed by atoms with E-state index in [1.54, 1.807) is 11.0 Å². The van der Waals surface area contributed by atoms with Crippen LogP contribution in [0.1, 0.15) is 47.2 Å². The van der Waals surface area contributed by atoms with Gasteiger partial charge in [-0.1, -0.05) is 18.2 Å². The minimum Gasteiger partial charge on any atom is -0.451 e. The number of fused-ring (bicyclic) bond motifs is 1.